The molecule has 1 fully saturated rings. The predicted molar refractivity (Wildman–Crippen MR) is 115 cm³/mol. The molecule has 0 radical (unpaired) electrons. The van der Waals surface area contributed by atoms with Gasteiger partial charge in [-0.1, -0.05) is 29.3 Å². The van der Waals surface area contributed by atoms with Crippen LogP contribution in [-0.2, 0) is 21.5 Å². The van der Waals surface area contributed by atoms with Gasteiger partial charge in [-0.25, -0.2) is 9.97 Å². The maximum atomic E-state index is 11.2. The Hall–Kier alpha value is -1.78. The molecular weight excluding hydrogens is 445 g/mol. The van der Waals surface area contributed by atoms with Gasteiger partial charge in [-0.05, 0) is 30.7 Å². The van der Waals surface area contributed by atoms with Crippen molar-refractivity contribution in [3.8, 4) is 0 Å². The number of nitrogens with zero attached hydrogens (tertiary/aromatic N) is 3. The number of rotatable bonds is 6. The molecule has 1 saturated heterocycles. The topological polar surface area (TPSA) is 110 Å². The number of ether oxygens (including phenoxy) is 2. The van der Waals surface area contributed by atoms with Crippen molar-refractivity contribution in [2.24, 2.45) is 0 Å². The highest BCUT2D eigenvalue weighted by atomic mass is 35.5. The van der Waals surface area contributed by atoms with Gasteiger partial charge in [-0.3, -0.25) is 0 Å². The van der Waals surface area contributed by atoms with Crippen molar-refractivity contribution >= 4 is 34.2 Å². The fraction of sp³-hybridized carbons (Fsp3) is 0.429. The number of aliphatic hydroxyl groups excluding tert-OH is 2. The Bertz CT molecular complexity index is 1090. The predicted octanol–water partition coefficient (Wildman–Crippen LogP) is 2.45. The molecule has 0 bridgehead atoms. The van der Waals surface area contributed by atoms with Crippen LogP contribution in [0.15, 0.2) is 36.8 Å². The molecule has 166 valence electrons. The molecular formula is C21H23Cl2N3O5. The Labute approximate surface area is 189 Å². The molecule has 0 spiro atoms. The Morgan fingerprint density at radius 3 is 2.65 bits per heavy atom. The maximum absolute atomic E-state index is 11.2. The van der Waals surface area contributed by atoms with Crippen LogP contribution < -0.4 is 0 Å². The molecule has 2 aromatic heterocycles. The van der Waals surface area contributed by atoms with Gasteiger partial charge in [0.05, 0.1) is 22.3 Å². The van der Waals surface area contributed by atoms with Crippen LogP contribution in [0.2, 0.25) is 10.0 Å². The van der Waals surface area contributed by atoms with Crippen molar-refractivity contribution in [3.05, 3.63) is 58.1 Å². The van der Waals surface area contributed by atoms with E-state index in [1.807, 2.05) is 6.07 Å². The zero-order chi connectivity index (χ0) is 22.3. The fourth-order valence-electron chi connectivity index (χ4n) is 3.96. The molecule has 0 amide bonds. The summed E-state index contributed by atoms with van der Waals surface area (Å²) in [6.07, 6.45) is -0.995. The number of benzene rings is 1. The van der Waals surface area contributed by atoms with Gasteiger partial charge in [0, 0.05) is 25.1 Å². The van der Waals surface area contributed by atoms with Crippen LogP contribution in [0, 0.1) is 0 Å². The third-order valence-corrected chi connectivity index (χ3v) is 6.44. The van der Waals surface area contributed by atoms with Crippen molar-refractivity contribution in [1.82, 2.24) is 14.5 Å². The van der Waals surface area contributed by atoms with Gasteiger partial charge in [-0.2, -0.15) is 0 Å². The van der Waals surface area contributed by atoms with Gasteiger partial charge in [0.2, 0.25) is 0 Å². The lowest BCUT2D eigenvalue weighted by molar-refractivity contribution is -0.135. The molecule has 31 heavy (non-hydrogen) atoms. The van der Waals surface area contributed by atoms with E-state index in [4.69, 9.17) is 32.7 Å². The Balaban J connectivity index is 1.67. The van der Waals surface area contributed by atoms with E-state index in [1.165, 1.54) is 19.3 Å². The summed E-state index contributed by atoms with van der Waals surface area (Å²) in [5.74, 6) is 0. The molecule has 3 heterocycles. The summed E-state index contributed by atoms with van der Waals surface area (Å²) < 4.78 is 12.8. The monoisotopic (exact) mass is 467 g/mol. The molecule has 5 atom stereocenters. The first-order valence-corrected chi connectivity index (χ1v) is 10.5. The van der Waals surface area contributed by atoms with Crippen LogP contribution in [0.1, 0.15) is 24.4 Å². The zero-order valence-corrected chi connectivity index (χ0v) is 18.5. The number of hydrogen-bond acceptors (Lipinski definition) is 7. The maximum Gasteiger partial charge on any atom is 0.164 e. The van der Waals surface area contributed by atoms with Crippen molar-refractivity contribution in [2.45, 2.75) is 43.5 Å². The fourth-order valence-corrected chi connectivity index (χ4v) is 4.25. The van der Waals surface area contributed by atoms with Crippen molar-refractivity contribution in [3.63, 3.8) is 0 Å². The molecule has 0 aliphatic carbocycles. The van der Waals surface area contributed by atoms with Gasteiger partial charge in [0.1, 0.15) is 35.9 Å². The molecule has 0 saturated carbocycles. The van der Waals surface area contributed by atoms with E-state index in [2.05, 4.69) is 9.97 Å². The highest BCUT2D eigenvalue weighted by Crippen LogP contribution is 2.41. The Kier molecular flexibility index (Phi) is 6.24. The second-order valence-electron chi connectivity index (χ2n) is 7.73. The molecule has 8 nitrogen and oxygen atoms in total. The van der Waals surface area contributed by atoms with Gasteiger partial charge in [0.15, 0.2) is 6.23 Å². The van der Waals surface area contributed by atoms with Gasteiger partial charge in [-0.15, -0.1) is 0 Å². The number of methoxy groups -OCH3 is 1. The van der Waals surface area contributed by atoms with E-state index in [0.29, 0.717) is 29.3 Å². The molecule has 1 aromatic carbocycles. The van der Waals surface area contributed by atoms with Crippen molar-refractivity contribution in [1.29, 1.82) is 0 Å². The quantitative estimate of drug-likeness (QED) is 0.510. The Morgan fingerprint density at radius 1 is 1.16 bits per heavy atom. The molecule has 1 aliphatic rings. The molecule has 1 aliphatic heterocycles. The first-order valence-electron chi connectivity index (χ1n) is 9.74. The molecule has 10 heteroatoms. The van der Waals surface area contributed by atoms with Gasteiger partial charge >= 0.3 is 0 Å². The summed E-state index contributed by atoms with van der Waals surface area (Å²) in [5, 5.41) is 34.1. The highest BCUT2D eigenvalue weighted by molar-refractivity contribution is 6.42. The average molecular weight is 468 g/mol. The highest BCUT2D eigenvalue weighted by Gasteiger charge is 2.52. The smallest absolute Gasteiger partial charge is 0.164 e. The zero-order valence-electron chi connectivity index (χ0n) is 16.9. The van der Waals surface area contributed by atoms with E-state index in [0.717, 1.165) is 11.1 Å². The largest absolute Gasteiger partial charge is 0.387 e. The lowest BCUT2D eigenvalue weighted by Gasteiger charge is -2.32. The molecule has 1 unspecified atom stereocenters. The van der Waals surface area contributed by atoms with E-state index in [-0.39, 0.29) is 5.02 Å². The van der Waals surface area contributed by atoms with Crippen molar-refractivity contribution in [2.75, 3.05) is 13.7 Å². The Morgan fingerprint density at radius 2 is 1.94 bits per heavy atom. The third-order valence-electron chi connectivity index (χ3n) is 5.71. The number of aliphatic hydroxyl groups is 3. The SMILES string of the molecule is COCCc1ncnc2c1ccn2[C@@H]1O[C@H](C(C)(O)c2ccc(Cl)c(Cl)c2)[C@@H](O)[C@H]1O. The summed E-state index contributed by atoms with van der Waals surface area (Å²) in [6, 6.07) is 6.50. The average Bonchev–Trinajstić information content (AvgIpc) is 3.30. The summed E-state index contributed by atoms with van der Waals surface area (Å²) in [6.45, 7) is 2.00. The number of fused-ring (bicyclic) bond motifs is 1. The third kappa shape index (κ3) is 3.93. The van der Waals surface area contributed by atoms with E-state index in [1.54, 1.807) is 30.0 Å². The van der Waals surface area contributed by atoms with Crippen LogP contribution in [0.25, 0.3) is 11.0 Å². The first kappa shape index (κ1) is 22.4. The van der Waals surface area contributed by atoms with Crippen LogP contribution in [-0.4, -0.2) is 61.9 Å². The minimum absolute atomic E-state index is 0.265. The first-order chi connectivity index (χ1) is 14.8. The normalized spacial score (nSPS) is 25.8. The van der Waals surface area contributed by atoms with Gasteiger partial charge in [0.25, 0.3) is 0 Å². The molecule has 3 N–H and O–H groups in total. The van der Waals surface area contributed by atoms with Crippen LogP contribution in [0.4, 0.5) is 0 Å². The van der Waals surface area contributed by atoms with Crippen LogP contribution in [0.3, 0.4) is 0 Å². The minimum Gasteiger partial charge on any atom is -0.387 e. The summed E-state index contributed by atoms with van der Waals surface area (Å²) in [5.41, 5.74) is 0.107. The lowest BCUT2D eigenvalue weighted by atomic mass is 9.87. The summed E-state index contributed by atoms with van der Waals surface area (Å²) in [4.78, 5) is 8.63. The summed E-state index contributed by atoms with van der Waals surface area (Å²) >= 11 is 12.1. The van der Waals surface area contributed by atoms with Crippen LogP contribution >= 0.6 is 23.2 Å². The number of hydrogen-bond donors (Lipinski definition) is 3. The van der Waals surface area contributed by atoms with E-state index < -0.39 is 30.1 Å². The summed E-state index contributed by atoms with van der Waals surface area (Å²) in [7, 11) is 1.62. The number of halogens is 2. The minimum atomic E-state index is -1.65. The van der Waals surface area contributed by atoms with E-state index in [9.17, 15) is 15.3 Å². The number of aromatic nitrogens is 3. The molecule has 3 aromatic rings. The van der Waals surface area contributed by atoms with Gasteiger partial charge < -0.3 is 29.4 Å². The van der Waals surface area contributed by atoms with Crippen LogP contribution in [0.5, 0.6) is 0 Å². The molecule has 4 rings (SSSR count). The van der Waals surface area contributed by atoms with Crippen molar-refractivity contribution < 1.29 is 24.8 Å². The van der Waals surface area contributed by atoms with E-state index >= 15 is 0 Å². The lowest BCUT2D eigenvalue weighted by Crippen LogP contribution is -2.45. The second-order valence-corrected chi connectivity index (χ2v) is 8.54. The second kappa shape index (κ2) is 8.63. The standard InChI is InChI=1S/C21H23Cl2N3O5/c1-21(29,11-3-4-13(22)14(23)9-11)18-16(27)17(28)20(31-18)26-7-5-12-15(6-8-30-2)24-10-25-19(12)26/h3-5,7,9-10,16-18,20,27-29H,6,8H2,1-2H3/t16-,17+,18-,20+,21?/m0/s1.